The van der Waals surface area contributed by atoms with Crippen molar-refractivity contribution in [3.63, 3.8) is 0 Å². The summed E-state index contributed by atoms with van der Waals surface area (Å²) in [7, 11) is 3.29. The molecule has 5 nitrogen and oxygen atoms in total. The van der Waals surface area contributed by atoms with Crippen LogP contribution in [-0.4, -0.2) is 43.9 Å². The van der Waals surface area contributed by atoms with E-state index < -0.39 is 0 Å². The normalized spacial score (nSPS) is 11.8. The van der Waals surface area contributed by atoms with Crippen LogP contribution in [0.2, 0.25) is 5.02 Å². The van der Waals surface area contributed by atoms with E-state index >= 15 is 0 Å². The average Bonchev–Trinajstić information content (AvgIpc) is 2.41. The van der Waals surface area contributed by atoms with Crippen LogP contribution < -0.4 is 10.6 Å². The molecule has 0 fully saturated rings. The van der Waals surface area contributed by atoms with E-state index in [1.165, 1.54) is 4.90 Å². The molecule has 0 aliphatic carbocycles. The van der Waals surface area contributed by atoms with E-state index in [4.69, 9.17) is 11.6 Å². The summed E-state index contributed by atoms with van der Waals surface area (Å²) in [6, 6.07) is 7.47. The van der Waals surface area contributed by atoms with Crippen LogP contribution in [0.25, 0.3) is 0 Å². The van der Waals surface area contributed by atoms with E-state index in [1.807, 2.05) is 25.1 Å². The van der Waals surface area contributed by atoms with E-state index in [0.29, 0.717) is 5.02 Å². The van der Waals surface area contributed by atoms with E-state index in [9.17, 15) is 9.59 Å². The van der Waals surface area contributed by atoms with Crippen molar-refractivity contribution in [3.05, 3.63) is 34.9 Å². The zero-order chi connectivity index (χ0) is 15.1. The number of likely N-dealkylation sites (N-methyl/N-ethyl adjacent to an activating group) is 1. The minimum Gasteiger partial charge on any atom is -0.347 e. The molecule has 2 N–H and O–H groups in total. The average molecular weight is 298 g/mol. The molecule has 0 bridgehead atoms. The Bertz CT molecular complexity index is 477. The van der Waals surface area contributed by atoms with Crippen molar-refractivity contribution in [2.75, 3.05) is 27.2 Å². The van der Waals surface area contributed by atoms with Gasteiger partial charge in [0.05, 0.1) is 13.1 Å². The van der Waals surface area contributed by atoms with E-state index in [-0.39, 0.29) is 30.9 Å². The third kappa shape index (κ3) is 5.59. The van der Waals surface area contributed by atoms with Crippen LogP contribution in [-0.2, 0) is 9.59 Å². The summed E-state index contributed by atoms with van der Waals surface area (Å²) >= 11 is 5.92. The first-order valence-electron chi connectivity index (χ1n) is 6.36. The van der Waals surface area contributed by atoms with Crippen LogP contribution in [0.3, 0.4) is 0 Å². The predicted octanol–water partition coefficient (Wildman–Crippen LogP) is 1.19. The van der Waals surface area contributed by atoms with Gasteiger partial charge in [-0.25, -0.2) is 0 Å². The monoisotopic (exact) mass is 297 g/mol. The Labute approximate surface area is 124 Å². The summed E-state index contributed by atoms with van der Waals surface area (Å²) < 4.78 is 0. The summed E-state index contributed by atoms with van der Waals surface area (Å²) in [6.07, 6.45) is 0. The highest BCUT2D eigenvalue weighted by Gasteiger charge is 2.10. The van der Waals surface area contributed by atoms with Crippen molar-refractivity contribution in [2.24, 2.45) is 0 Å². The molecule has 1 rings (SSSR count). The molecule has 110 valence electrons. The highest BCUT2D eigenvalue weighted by molar-refractivity contribution is 6.30. The number of benzene rings is 1. The van der Waals surface area contributed by atoms with Gasteiger partial charge in [0, 0.05) is 25.2 Å². The van der Waals surface area contributed by atoms with E-state index in [1.54, 1.807) is 20.2 Å². The quantitative estimate of drug-likeness (QED) is 0.829. The first kappa shape index (κ1) is 16.5. The fourth-order valence-corrected chi connectivity index (χ4v) is 1.73. The molecule has 0 heterocycles. The number of carbonyl (C=O) groups excluding carboxylic acids is 2. The van der Waals surface area contributed by atoms with Crippen LogP contribution >= 0.6 is 11.6 Å². The molecule has 1 aromatic rings. The van der Waals surface area contributed by atoms with Gasteiger partial charge in [0.2, 0.25) is 11.8 Å². The zero-order valence-electron chi connectivity index (χ0n) is 11.9. The molecular formula is C14H20ClN3O2. The van der Waals surface area contributed by atoms with Gasteiger partial charge in [-0.05, 0) is 24.6 Å². The Hall–Kier alpha value is -1.59. The molecule has 0 spiro atoms. The lowest BCUT2D eigenvalue weighted by molar-refractivity contribution is -0.130. The number of halogens is 1. The first-order valence-corrected chi connectivity index (χ1v) is 6.73. The molecule has 0 aromatic heterocycles. The molecule has 0 saturated carbocycles. The van der Waals surface area contributed by atoms with Gasteiger partial charge in [-0.1, -0.05) is 23.7 Å². The van der Waals surface area contributed by atoms with Crippen LogP contribution in [0.15, 0.2) is 24.3 Å². The highest BCUT2D eigenvalue weighted by atomic mass is 35.5. The fraction of sp³-hybridized carbons (Fsp3) is 0.429. The highest BCUT2D eigenvalue weighted by Crippen LogP contribution is 2.16. The molecular weight excluding hydrogens is 278 g/mol. The van der Waals surface area contributed by atoms with Gasteiger partial charge < -0.3 is 15.5 Å². The smallest absolute Gasteiger partial charge is 0.241 e. The third-order valence-corrected chi connectivity index (χ3v) is 3.09. The Morgan fingerprint density at radius 3 is 2.60 bits per heavy atom. The summed E-state index contributed by atoms with van der Waals surface area (Å²) in [5.74, 6) is -0.352. The van der Waals surface area contributed by atoms with Gasteiger partial charge in [-0.2, -0.15) is 0 Å². The SMILES string of the molecule is C[C@H](NCC(=O)NCC(=O)N(C)C)c1cccc(Cl)c1. The molecule has 0 radical (unpaired) electrons. The van der Waals surface area contributed by atoms with Crippen LogP contribution in [0.4, 0.5) is 0 Å². The lowest BCUT2D eigenvalue weighted by Gasteiger charge is -2.15. The number of amides is 2. The molecule has 1 atom stereocenters. The van der Waals surface area contributed by atoms with Crippen molar-refractivity contribution >= 4 is 23.4 Å². The molecule has 0 aliphatic heterocycles. The number of rotatable bonds is 6. The standard InChI is InChI=1S/C14H20ClN3O2/c1-10(11-5-4-6-12(15)7-11)16-8-13(19)17-9-14(20)18(2)3/h4-7,10,16H,8-9H2,1-3H3,(H,17,19)/t10-/m0/s1. The number of hydrogen-bond donors (Lipinski definition) is 2. The Morgan fingerprint density at radius 1 is 1.30 bits per heavy atom. The van der Waals surface area contributed by atoms with Crippen molar-refractivity contribution < 1.29 is 9.59 Å². The third-order valence-electron chi connectivity index (χ3n) is 2.85. The van der Waals surface area contributed by atoms with Crippen molar-refractivity contribution in [1.82, 2.24) is 15.5 Å². The molecule has 2 amide bonds. The number of hydrogen-bond acceptors (Lipinski definition) is 3. The number of nitrogens with zero attached hydrogens (tertiary/aromatic N) is 1. The van der Waals surface area contributed by atoms with Gasteiger partial charge in [0.25, 0.3) is 0 Å². The summed E-state index contributed by atoms with van der Waals surface area (Å²) in [4.78, 5) is 24.4. The Morgan fingerprint density at radius 2 is 2.00 bits per heavy atom. The molecule has 1 aromatic carbocycles. The lowest BCUT2D eigenvalue weighted by atomic mass is 10.1. The minimum absolute atomic E-state index is 0.00370. The predicted molar refractivity (Wildman–Crippen MR) is 79.6 cm³/mol. The second-order valence-corrected chi connectivity index (χ2v) is 5.16. The summed E-state index contributed by atoms with van der Waals surface area (Å²) in [5.41, 5.74) is 1.01. The van der Waals surface area contributed by atoms with E-state index in [0.717, 1.165) is 5.56 Å². The number of nitrogens with one attached hydrogen (secondary N) is 2. The van der Waals surface area contributed by atoms with Crippen molar-refractivity contribution in [3.8, 4) is 0 Å². The molecule has 0 saturated heterocycles. The largest absolute Gasteiger partial charge is 0.347 e. The first-order chi connectivity index (χ1) is 9.40. The number of carbonyl (C=O) groups is 2. The summed E-state index contributed by atoms with van der Waals surface area (Å²) in [6.45, 7) is 2.11. The maximum Gasteiger partial charge on any atom is 0.241 e. The molecule has 0 aliphatic rings. The second-order valence-electron chi connectivity index (χ2n) is 4.72. The summed E-state index contributed by atoms with van der Waals surface area (Å²) in [5, 5.41) is 6.31. The van der Waals surface area contributed by atoms with Crippen molar-refractivity contribution in [2.45, 2.75) is 13.0 Å². The van der Waals surface area contributed by atoms with Crippen LogP contribution in [0.1, 0.15) is 18.5 Å². The van der Waals surface area contributed by atoms with Gasteiger partial charge in [0.15, 0.2) is 0 Å². The minimum atomic E-state index is -0.214. The Balaban J connectivity index is 2.35. The van der Waals surface area contributed by atoms with Gasteiger partial charge in [0.1, 0.15) is 0 Å². The second kappa shape index (κ2) is 7.87. The van der Waals surface area contributed by atoms with E-state index in [2.05, 4.69) is 10.6 Å². The van der Waals surface area contributed by atoms with Crippen LogP contribution in [0.5, 0.6) is 0 Å². The van der Waals surface area contributed by atoms with Crippen LogP contribution in [0, 0.1) is 0 Å². The molecule has 6 heteroatoms. The van der Waals surface area contributed by atoms with Gasteiger partial charge >= 0.3 is 0 Å². The topological polar surface area (TPSA) is 61.4 Å². The maximum absolute atomic E-state index is 11.6. The molecule has 20 heavy (non-hydrogen) atoms. The Kier molecular flexibility index (Phi) is 6.48. The lowest BCUT2D eigenvalue weighted by Crippen LogP contribution is -2.40. The van der Waals surface area contributed by atoms with Crippen molar-refractivity contribution in [1.29, 1.82) is 0 Å². The van der Waals surface area contributed by atoms with Gasteiger partial charge in [-0.3, -0.25) is 9.59 Å². The maximum atomic E-state index is 11.6. The fourth-order valence-electron chi connectivity index (χ4n) is 1.53. The molecule has 0 unspecified atom stereocenters. The zero-order valence-corrected chi connectivity index (χ0v) is 12.7. The van der Waals surface area contributed by atoms with Gasteiger partial charge in [-0.15, -0.1) is 0 Å².